The van der Waals surface area contributed by atoms with E-state index in [1.807, 2.05) is 24.3 Å². The number of nitrogens with zero attached hydrogens (tertiary/aromatic N) is 1. The molecule has 5 nitrogen and oxygen atoms in total. The summed E-state index contributed by atoms with van der Waals surface area (Å²) in [5, 5.41) is 0. The summed E-state index contributed by atoms with van der Waals surface area (Å²) in [6, 6.07) is 7.78. The number of benzene rings is 1. The maximum absolute atomic E-state index is 11.3. The fourth-order valence-electron chi connectivity index (χ4n) is 2.17. The van der Waals surface area contributed by atoms with Crippen LogP contribution in [-0.4, -0.2) is 51.1 Å². The third kappa shape index (κ3) is 4.77. The first-order valence-electron chi connectivity index (χ1n) is 6.94. The van der Waals surface area contributed by atoms with E-state index in [0.717, 1.165) is 24.3 Å². The predicted molar refractivity (Wildman–Crippen MR) is 79.5 cm³/mol. The fraction of sp³-hybridized carbons (Fsp3) is 0.571. The largest absolute Gasteiger partial charge is 0.494 e. The Morgan fingerprint density at radius 1 is 1.15 bits per heavy atom. The Morgan fingerprint density at radius 2 is 1.80 bits per heavy atom. The smallest absolute Gasteiger partial charge is 0.152 e. The van der Waals surface area contributed by atoms with E-state index in [-0.39, 0.29) is 11.5 Å². The van der Waals surface area contributed by atoms with Crippen LogP contribution in [0.4, 0.5) is 0 Å². The van der Waals surface area contributed by atoms with Gasteiger partial charge in [-0.2, -0.15) is 0 Å². The molecular weight excluding hydrogens is 276 g/mol. The molecule has 0 unspecified atom stereocenters. The van der Waals surface area contributed by atoms with Crippen molar-refractivity contribution >= 4 is 9.84 Å². The zero-order chi connectivity index (χ0) is 14.4. The average Bonchev–Trinajstić information content (AvgIpc) is 2.46. The summed E-state index contributed by atoms with van der Waals surface area (Å²) in [5.74, 6) is 1.42. The highest BCUT2D eigenvalue weighted by molar-refractivity contribution is 7.91. The Balaban J connectivity index is 1.64. The van der Waals surface area contributed by atoms with Crippen LogP contribution in [0, 0.1) is 0 Å². The van der Waals surface area contributed by atoms with Gasteiger partial charge in [-0.05, 0) is 24.1 Å². The van der Waals surface area contributed by atoms with Gasteiger partial charge in [-0.3, -0.25) is 0 Å². The minimum Gasteiger partial charge on any atom is -0.494 e. The van der Waals surface area contributed by atoms with Gasteiger partial charge in [0.2, 0.25) is 0 Å². The minimum atomic E-state index is -2.78. The van der Waals surface area contributed by atoms with Crippen LogP contribution in [0.1, 0.15) is 12.0 Å². The summed E-state index contributed by atoms with van der Waals surface area (Å²) >= 11 is 0. The van der Waals surface area contributed by atoms with E-state index in [0.29, 0.717) is 26.2 Å². The number of rotatable bonds is 6. The Hall–Kier alpha value is -1.11. The Bertz CT molecular complexity index is 500. The molecule has 0 bridgehead atoms. The molecule has 1 fully saturated rings. The Labute approximate surface area is 120 Å². The van der Waals surface area contributed by atoms with Crippen molar-refractivity contribution in [1.29, 1.82) is 0 Å². The first-order valence-corrected chi connectivity index (χ1v) is 8.76. The fourth-order valence-corrected chi connectivity index (χ4v) is 3.45. The first-order chi connectivity index (χ1) is 9.59. The molecule has 0 saturated carbocycles. The summed E-state index contributed by atoms with van der Waals surface area (Å²) in [6.45, 7) is 3.36. The summed E-state index contributed by atoms with van der Waals surface area (Å²) in [4.78, 5) is 2.18. The third-order valence-corrected chi connectivity index (χ3v) is 5.09. The molecule has 2 N–H and O–H groups in total. The van der Waals surface area contributed by atoms with Crippen LogP contribution in [0.5, 0.6) is 5.75 Å². The number of sulfone groups is 1. The number of nitrogens with two attached hydrogens (primary N) is 1. The van der Waals surface area contributed by atoms with Crippen molar-refractivity contribution < 1.29 is 13.2 Å². The average molecular weight is 298 g/mol. The van der Waals surface area contributed by atoms with E-state index < -0.39 is 9.84 Å². The van der Waals surface area contributed by atoms with E-state index >= 15 is 0 Å². The summed E-state index contributed by atoms with van der Waals surface area (Å²) < 4.78 is 28.3. The van der Waals surface area contributed by atoms with Crippen LogP contribution in [-0.2, 0) is 16.4 Å². The zero-order valence-corrected chi connectivity index (χ0v) is 12.4. The second-order valence-corrected chi connectivity index (χ2v) is 7.35. The van der Waals surface area contributed by atoms with Crippen LogP contribution >= 0.6 is 0 Å². The molecule has 20 heavy (non-hydrogen) atoms. The second kappa shape index (κ2) is 7.06. The maximum Gasteiger partial charge on any atom is 0.152 e. The monoisotopic (exact) mass is 298 g/mol. The molecule has 1 aromatic rings. The SMILES string of the molecule is NCc1ccc(OCCCN2CCS(=O)(=O)CC2)cc1. The highest BCUT2D eigenvalue weighted by Crippen LogP contribution is 2.12. The Morgan fingerprint density at radius 3 is 2.40 bits per heavy atom. The molecule has 0 amide bonds. The van der Waals surface area contributed by atoms with E-state index in [2.05, 4.69) is 4.90 Å². The standard InChI is InChI=1S/C14H22N2O3S/c15-12-13-2-4-14(5-3-13)19-9-1-6-16-7-10-20(17,18)11-8-16/h2-5H,1,6-12,15H2. The van der Waals surface area contributed by atoms with E-state index in [1.54, 1.807) is 0 Å². The molecule has 2 rings (SSSR count). The molecule has 0 aliphatic carbocycles. The molecule has 0 atom stereocenters. The van der Waals surface area contributed by atoms with Crippen molar-refractivity contribution in [1.82, 2.24) is 4.90 Å². The van der Waals surface area contributed by atoms with E-state index in [1.165, 1.54) is 0 Å². The van der Waals surface area contributed by atoms with Crippen molar-refractivity contribution in [2.45, 2.75) is 13.0 Å². The highest BCUT2D eigenvalue weighted by Gasteiger charge is 2.20. The van der Waals surface area contributed by atoms with Gasteiger partial charge >= 0.3 is 0 Å². The molecule has 1 heterocycles. The van der Waals surface area contributed by atoms with Crippen LogP contribution in [0.25, 0.3) is 0 Å². The molecule has 1 saturated heterocycles. The molecule has 1 aromatic carbocycles. The van der Waals surface area contributed by atoms with Crippen molar-refractivity contribution in [3.05, 3.63) is 29.8 Å². The van der Waals surface area contributed by atoms with E-state index in [9.17, 15) is 8.42 Å². The Kier molecular flexibility index (Phi) is 5.39. The van der Waals surface area contributed by atoms with Gasteiger partial charge < -0.3 is 15.4 Å². The van der Waals surface area contributed by atoms with Crippen LogP contribution in [0.15, 0.2) is 24.3 Å². The summed E-state index contributed by atoms with van der Waals surface area (Å²) in [6.07, 6.45) is 0.901. The molecule has 1 aliphatic heterocycles. The lowest BCUT2D eigenvalue weighted by molar-refractivity contribution is 0.246. The third-order valence-electron chi connectivity index (χ3n) is 3.48. The van der Waals surface area contributed by atoms with Gasteiger partial charge in [0.15, 0.2) is 9.84 Å². The van der Waals surface area contributed by atoms with Gasteiger partial charge in [0, 0.05) is 26.2 Å². The molecule has 0 radical (unpaired) electrons. The van der Waals surface area contributed by atoms with Gasteiger partial charge in [-0.15, -0.1) is 0 Å². The summed E-state index contributed by atoms with van der Waals surface area (Å²) in [5.41, 5.74) is 6.62. The number of ether oxygens (including phenoxy) is 1. The van der Waals surface area contributed by atoms with E-state index in [4.69, 9.17) is 10.5 Å². The molecule has 0 aromatic heterocycles. The minimum absolute atomic E-state index is 0.286. The number of hydrogen-bond acceptors (Lipinski definition) is 5. The molecule has 1 aliphatic rings. The van der Waals surface area contributed by atoms with Gasteiger partial charge in [0.1, 0.15) is 5.75 Å². The predicted octanol–water partition coefficient (Wildman–Crippen LogP) is 0.645. The van der Waals surface area contributed by atoms with Crippen LogP contribution in [0.3, 0.4) is 0 Å². The lowest BCUT2D eigenvalue weighted by atomic mass is 10.2. The second-order valence-electron chi connectivity index (χ2n) is 5.04. The van der Waals surface area contributed by atoms with Crippen molar-refractivity contribution in [2.75, 3.05) is 37.7 Å². The maximum atomic E-state index is 11.3. The van der Waals surface area contributed by atoms with Crippen molar-refractivity contribution in [3.8, 4) is 5.75 Å². The zero-order valence-electron chi connectivity index (χ0n) is 11.6. The summed E-state index contributed by atoms with van der Waals surface area (Å²) in [7, 11) is -2.78. The lowest BCUT2D eigenvalue weighted by Crippen LogP contribution is -2.40. The molecule has 6 heteroatoms. The van der Waals surface area contributed by atoms with Crippen molar-refractivity contribution in [3.63, 3.8) is 0 Å². The van der Waals surface area contributed by atoms with Gasteiger partial charge in [-0.1, -0.05) is 12.1 Å². The highest BCUT2D eigenvalue weighted by atomic mass is 32.2. The quantitative estimate of drug-likeness (QED) is 0.781. The first kappa shape index (κ1) is 15.3. The molecule has 0 spiro atoms. The van der Waals surface area contributed by atoms with Crippen LogP contribution < -0.4 is 10.5 Å². The van der Waals surface area contributed by atoms with Gasteiger partial charge in [-0.25, -0.2) is 8.42 Å². The van der Waals surface area contributed by atoms with Crippen LogP contribution in [0.2, 0.25) is 0 Å². The molecular formula is C14H22N2O3S. The number of hydrogen-bond donors (Lipinski definition) is 1. The van der Waals surface area contributed by atoms with Crippen molar-refractivity contribution in [2.24, 2.45) is 5.73 Å². The molecule has 112 valence electrons. The van der Waals surface area contributed by atoms with Gasteiger partial charge in [0.05, 0.1) is 18.1 Å². The van der Waals surface area contributed by atoms with Gasteiger partial charge in [0.25, 0.3) is 0 Å². The topological polar surface area (TPSA) is 72.6 Å². The lowest BCUT2D eigenvalue weighted by Gasteiger charge is -2.26. The normalized spacial score (nSPS) is 18.9.